The normalized spacial score (nSPS) is 27.9. The molecule has 0 aliphatic carbocycles. The van der Waals surface area contributed by atoms with E-state index in [-0.39, 0.29) is 0 Å². The lowest BCUT2D eigenvalue weighted by molar-refractivity contribution is -0.225. The predicted octanol–water partition coefficient (Wildman–Crippen LogP) is 1.13. The Morgan fingerprint density at radius 1 is 1.50 bits per heavy atom. The molecule has 10 heavy (non-hydrogen) atoms. The summed E-state index contributed by atoms with van der Waals surface area (Å²) in [4.78, 5) is 11.4. The molecule has 1 saturated heterocycles. The fraction of sp³-hybridized carbons (Fsp3) is 1.00. The third-order valence-corrected chi connectivity index (χ3v) is 3.94. The second-order valence-corrected chi connectivity index (χ2v) is 5.46. The van der Waals surface area contributed by atoms with Crippen molar-refractivity contribution in [2.45, 2.75) is 18.5 Å². The first-order valence-electron chi connectivity index (χ1n) is 3.18. The van der Waals surface area contributed by atoms with E-state index >= 15 is 0 Å². The van der Waals surface area contributed by atoms with Crippen LogP contribution in [0.25, 0.3) is 0 Å². The molecule has 1 unspecified atom stereocenters. The van der Waals surface area contributed by atoms with Crippen LogP contribution in [0.5, 0.6) is 0 Å². The Hall–Kier alpha value is 0.600. The summed E-state index contributed by atoms with van der Waals surface area (Å²) in [6, 6.07) is 0. The van der Waals surface area contributed by atoms with Crippen molar-refractivity contribution in [3.8, 4) is 0 Å². The first-order chi connectivity index (χ1) is 4.65. The van der Waals surface area contributed by atoms with Crippen LogP contribution in [0.4, 0.5) is 0 Å². The van der Waals surface area contributed by atoms with E-state index in [1.807, 2.05) is 0 Å². The molecule has 1 heterocycles. The molecule has 0 aromatic rings. The van der Waals surface area contributed by atoms with Gasteiger partial charge in [0.15, 0.2) is 5.12 Å². The van der Waals surface area contributed by atoms with Crippen LogP contribution < -0.4 is 4.89 Å². The van der Waals surface area contributed by atoms with Crippen molar-refractivity contribution in [3.63, 3.8) is 0 Å². The second kappa shape index (κ2) is 3.33. The Morgan fingerprint density at radius 2 is 2.00 bits per heavy atom. The van der Waals surface area contributed by atoms with Crippen molar-refractivity contribution in [3.05, 3.63) is 0 Å². The van der Waals surface area contributed by atoms with Crippen molar-refractivity contribution in [2.75, 3.05) is 13.2 Å². The van der Waals surface area contributed by atoms with Crippen LogP contribution in [0.15, 0.2) is 0 Å². The fourth-order valence-electron chi connectivity index (χ4n) is 0.685. The molecule has 0 bridgehead atoms. The average Bonchev–Trinajstić information content (AvgIpc) is 1.89. The first-order valence-corrected chi connectivity index (χ1v) is 5.23. The minimum Gasteiger partial charge on any atom is -0.630 e. The summed E-state index contributed by atoms with van der Waals surface area (Å²) < 4.78 is 9.86. The topological polar surface area (TPSA) is 41.5 Å². The van der Waals surface area contributed by atoms with Crippen molar-refractivity contribution < 1.29 is 13.9 Å². The number of hydrogen-bond donors (Lipinski definition) is 0. The van der Waals surface area contributed by atoms with Crippen LogP contribution in [0.3, 0.4) is 0 Å². The highest BCUT2D eigenvalue weighted by Crippen LogP contribution is 2.60. The predicted molar refractivity (Wildman–Crippen MR) is 38.8 cm³/mol. The summed E-state index contributed by atoms with van der Waals surface area (Å²) in [7, 11) is -2.92. The van der Waals surface area contributed by atoms with E-state index in [0.717, 1.165) is 6.42 Å². The van der Waals surface area contributed by atoms with E-state index in [2.05, 4.69) is 0 Å². The molecular weight excluding hydrogens is 174 g/mol. The van der Waals surface area contributed by atoms with Gasteiger partial charge in [0.1, 0.15) is 0 Å². The molecule has 1 aliphatic rings. The summed E-state index contributed by atoms with van der Waals surface area (Å²) in [5, 5.41) is -0.534. The second-order valence-electron chi connectivity index (χ2n) is 2.13. The maximum Gasteiger partial charge on any atom is 0.255 e. The monoisotopic (exact) mass is 184 g/mol. The number of rotatable bonds is 1. The molecule has 1 fully saturated rings. The van der Waals surface area contributed by atoms with E-state index in [1.165, 1.54) is 0 Å². The molecule has 3 nitrogen and oxygen atoms in total. The molecule has 0 amide bonds. The van der Waals surface area contributed by atoms with Crippen molar-refractivity contribution >= 4 is 19.5 Å². The van der Waals surface area contributed by atoms with E-state index in [1.54, 1.807) is 6.92 Å². The SMILES string of the molecule is CC(Cl)[P+]1([O-])OCCCO1. The largest absolute Gasteiger partial charge is 0.630 e. The third-order valence-electron chi connectivity index (χ3n) is 1.27. The Kier molecular flexibility index (Phi) is 2.90. The number of halogens is 1. The lowest BCUT2D eigenvalue weighted by Gasteiger charge is -2.32. The zero-order valence-electron chi connectivity index (χ0n) is 5.75. The van der Waals surface area contributed by atoms with E-state index in [4.69, 9.17) is 20.6 Å². The molecule has 1 atom stereocenters. The third kappa shape index (κ3) is 1.80. The van der Waals surface area contributed by atoms with Crippen molar-refractivity contribution in [2.24, 2.45) is 0 Å². The summed E-state index contributed by atoms with van der Waals surface area (Å²) in [5.74, 6) is 0. The average molecular weight is 185 g/mol. The minimum atomic E-state index is -2.92. The van der Waals surface area contributed by atoms with Crippen molar-refractivity contribution in [1.82, 2.24) is 0 Å². The van der Waals surface area contributed by atoms with E-state index in [0.29, 0.717) is 13.2 Å². The van der Waals surface area contributed by atoms with Crippen LogP contribution in [0.1, 0.15) is 13.3 Å². The zero-order valence-corrected chi connectivity index (χ0v) is 7.40. The number of hydrogen-bond acceptors (Lipinski definition) is 3. The summed E-state index contributed by atoms with van der Waals surface area (Å²) >= 11 is 5.58. The smallest absolute Gasteiger partial charge is 0.255 e. The molecule has 0 spiro atoms. The van der Waals surface area contributed by atoms with Crippen LogP contribution in [0.2, 0.25) is 0 Å². The van der Waals surface area contributed by atoms with Crippen LogP contribution in [-0.2, 0) is 9.05 Å². The van der Waals surface area contributed by atoms with Gasteiger partial charge in [0.25, 0.3) is 7.94 Å². The van der Waals surface area contributed by atoms with E-state index < -0.39 is 13.1 Å². The standard InChI is InChI=1S/C5H10ClO3P/c1-5(6)10(7)8-3-2-4-9-10/h5H,2-4H2,1H3. The summed E-state index contributed by atoms with van der Waals surface area (Å²) in [6.45, 7) is 2.61. The highest BCUT2D eigenvalue weighted by Gasteiger charge is 2.38. The van der Waals surface area contributed by atoms with Gasteiger partial charge in [0.2, 0.25) is 0 Å². The molecule has 0 saturated carbocycles. The van der Waals surface area contributed by atoms with Gasteiger partial charge in [-0.15, -0.1) is 0 Å². The molecular formula is C5H10ClO3P. The Balaban J connectivity index is 2.48. The highest BCUT2D eigenvalue weighted by molar-refractivity contribution is 7.61. The minimum absolute atomic E-state index is 0.494. The van der Waals surface area contributed by atoms with Gasteiger partial charge in [0.05, 0.1) is 13.2 Å². The molecule has 60 valence electrons. The quantitative estimate of drug-likeness (QED) is 0.453. The van der Waals surface area contributed by atoms with Gasteiger partial charge in [-0.3, -0.25) is 0 Å². The van der Waals surface area contributed by atoms with E-state index in [9.17, 15) is 4.89 Å². The maximum absolute atomic E-state index is 11.4. The van der Waals surface area contributed by atoms with Crippen molar-refractivity contribution in [1.29, 1.82) is 0 Å². The highest BCUT2D eigenvalue weighted by atomic mass is 35.5. The van der Waals surface area contributed by atoms with Gasteiger partial charge in [-0.1, -0.05) is 11.6 Å². The van der Waals surface area contributed by atoms with Gasteiger partial charge < -0.3 is 4.89 Å². The first kappa shape index (κ1) is 8.69. The van der Waals surface area contributed by atoms with Crippen LogP contribution >= 0.6 is 19.5 Å². The van der Waals surface area contributed by atoms with Gasteiger partial charge in [-0.25, -0.2) is 9.05 Å². The van der Waals surface area contributed by atoms with Gasteiger partial charge in [-0.05, 0) is 6.92 Å². The Labute approximate surface area is 65.9 Å². The Bertz CT molecular complexity index is 113. The zero-order chi connectivity index (χ0) is 7.61. The summed E-state index contributed by atoms with van der Waals surface area (Å²) in [5.41, 5.74) is 0. The lowest BCUT2D eigenvalue weighted by atomic mass is 10.5. The van der Waals surface area contributed by atoms with Gasteiger partial charge in [0, 0.05) is 6.42 Å². The molecule has 0 radical (unpaired) electrons. The van der Waals surface area contributed by atoms with Gasteiger partial charge >= 0.3 is 0 Å². The molecule has 0 N–H and O–H groups in total. The lowest BCUT2D eigenvalue weighted by Crippen LogP contribution is -2.27. The fourth-order valence-corrected chi connectivity index (χ4v) is 2.28. The molecule has 1 aliphatic heterocycles. The Morgan fingerprint density at radius 3 is 2.30 bits per heavy atom. The molecule has 1 rings (SSSR count). The maximum atomic E-state index is 11.4. The molecule has 5 heteroatoms. The number of alkyl halides is 1. The van der Waals surface area contributed by atoms with Gasteiger partial charge in [-0.2, -0.15) is 0 Å². The molecule has 0 aromatic carbocycles. The van der Waals surface area contributed by atoms with Crippen LogP contribution in [0, 0.1) is 0 Å². The van der Waals surface area contributed by atoms with Crippen LogP contribution in [-0.4, -0.2) is 18.3 Å². The summed E-state index contributed by atoms with van der Waals surface area (Å²) in [6.07, 6.45) is 0.799. The molecule has 0 aromatic heterocycles.